The smallest absolute Gasteiger partial charge is 0.186 e. The monoisotopic (exact) mass is 197 g/mol. The van der Waals surface area contributed by atoms with Gasteiger partial charge in [-0.25, -0.2) is 19.6 Å². The first-order valence-electron chi connectivity index (χ1n) is 3.92. The van der Waals surface area contributed by atoms with Gasteiger partial charge in [0.1, 0.15) is 0 Å². The Morgan fingerprint density at radius 1 is 1.00 bits per heavy atom. The molecule has 0 amide bonds. The van der Waals surface area contributed by atoms with Gasteiger partial charge in [-0.3, -0.25) is 11.7 Å². The van der Waals surface area contributed by atoms with E-state index in [0.29, 0.717) is 0 Å². The summed E-state index contributed by atoms with van der Waals surface area (Å²) < 4.78 is 26.4. The van der Waals surface area contributed by atoms with Crippen LogP contribution in [0, 0.1) is 0 Å². The Morgan fingerprint density at radius 2 is 1.38 bits per heavy atom. The summed E-state index contributed by atoms with van der Waals surface area (Å²) in [5.74, 6) is 10.1. The van der Waals surface area contributed by atoms with Crippen molar-refractivity contribution in [2.45, 2.75) is 30.7 Å². The van der Waals surface area contributed by atoms with Crippen molar-refractivity contribution in [3.05, 3.63) is 0 Å². The maximum atomic E-state index is 13.2. The molecule has 0 spiro atoms. The molecule has 0 bridgehead atoms. The van der Waals surface area contributed by atoms with E-state index in [-0.39, 0.29) is 0 Å². The molecule has 0 aromatic carbocycles. The number of hydrogen-bond acceptors (Lipinski definition) is 5. The lowest BCUT2D eigenvalue weighted by Gasteiger charge is -2.35. The summed E-state index contributed by atoms with van der Waals surface area (Å²) in [6.45, 7) is 0. The topological polar surface area (TPSA) is 119 Å². The fraction of sp³-hybridized carbons (Fsp3) is 1.00. The molecular weight excluding hydrogens is 182 g/mol. The third-order valence-electron chi connectivity index (χ3n) is 2.22. The van der Waals surface area contributed by atoms with Gasteiger partial charge in [0, 0.05) is 0 Å². The van der Waals surface area contributed by atoms with Gasteiger partial charge in [0.15, 0.2) is 24.7 Å². The largest absolute Gasteiger partial charge is 0.322 e. The molecule has 8 heteroatoms. The van der Waals surface area contributed by atoms with Gasteiger partial charge in [-0.15, -0.1) is 0 Å². The minimum Gasteiger partial charge on any atom is -0.322 e. The van der Waals surface area contributed by atoms with Crippen LogP contribution in [0.4, 0.5) is 8.78 Å². The van der Waals surface area contributed by atoms with Crippen LogP contribution in [-0.2, 0) is 0 Å². The molecule has 1 rings (SSSR count). The number of hydrogen-bond donors (Lipinski definition) is 6. The molecule has 1 saturated heterocycles. The molecule has 1 aliphatic heterocycles. The fourth-order valence-electron chi connectivity index (χ4n) is 1.39. The first-order valence-corrected chi connectivity index (χ1v) is 3.92. The van der Waals surface area contributed by atoms with Crippen LogP contribution in [0.15, 0.2) is 0 Å². The van der Waals surface area contributed by atoms with Crippen LogP contribution in [0.25, 0.3) is 0 Å². The molecule has 4 unspecified atom stereocenters. The average Bonchev–Trinajstić information content (AvgIpc) is 2.15. The minimum absolute atomic E-state index is 0.775. The molecule has 1 heterocycles. The first-order chi connectivity index (χ1) is 6.11. The quantitative estimate of drug-likeness (QED) is 0.200. The average molecular weight is 197 g/mol. The van der Waals surface area contributed by atoms with Crippen molar-refractivity contribution < 1.29 is 14.1 Å². The van der Waals surface area contributed by atoms with Crippen LogP contribution in [0.2, 0.25) is 0 Å². The van der Waals surface area contributed by atoms with Crippen molar-refractivity contribution in [2.75, 3.05) is 0 Å². The SMILES string of the molecule is NNC1[NH2+]C(NN)C(F)C(N)C1F. The molecule has 0 aliphatic carbocycles. The lowest BCUT2D eigenvalue weighted by Crippen LogP contribution is -3.08. The van der Waals surface area contributed by atoms with Gasteiger partial charge in [-0.1, -0.05) is 0 Å². The van der Waals surface area contributed by atoms with Crippen molar-refractivity contribution in [3.63, 3.8) is 0 Å². The van der Waals surface area contributed by atoms with Crippen molar-refractivity contribution in [3.8, 4) is 0 Å². The van der Waals surface area contributed by atoms with Gasteiger partial charge in [0.25, 0.3) is 0 Å². The summed E-state index contributed by atoms with van der Waals surface area (Å²) in [5, 5.41) is 1.33. The standard InChI is InChI=1S/C5H14F2N6/c6-1-3(8)2(7)5(13-10)11-4(1)12-9/h1-5,11-13H,8-10H2/p+1. The maximum Gasteiger partial charge on any atom is 0.186 e. The summed E-state index contributed by atoms with van der Waals surface area (Å²) in [5.41, 5.74) is 9.68. The summed E-state index contributed by atoms with van der Waals surface area (Å²) in [4.78, 5) is 0. The van der Waals surface area contributed by atoms with Gasteiger partial charge < -0.3 is 11.1 Å². The highest BCUT2D eigenvalue weighted by Crippen LogP contribution is 2.11. The zero-order chi connectivity index (χ0) is 10.0. The second-order valence-electron chi connectivity index (χ2n) is 3.04. The third kappa shape index (κ3) is 1.93. The Morgan fingerprint density at radius 3 is 1.69 bits per heavy atom. The van der Waals surface area contributed by atoms with Crippen LogP contribution in [0.5, 0.6) is 0 Å². The number of nitrogens with one attached hydrogen (secondary N) is 2. The van der Waals surface area contributed by atoms with E-state index in [1.54, 1.807) is 0 Å². The van der Waals surface area contributed by atoms with E-state index in [0.717, 1.165) is 0 Å². The highest BCUT2D eigenvalue weighted by atomic mass is 19.1. The number of alkyl halides is 2. The predicted octanol–water partition coefficient (Wildman–Crippen LogP) is -3.85. The fourth-order valence-corrected chi connectivity index (χ4v) is 1.39. The van der Waals surface area contributed by atoms with Crippen LogP contribution in [0.1, 0.15) is 0 Å². The van der Waals surface area contributed by atoms with E-state index in [2.05, 4.69) is 10.9 Å². The van der Waals surface area contributed by atoms with E-state index in [1.807, 2.05) is 0 Å². The number of quaternary nitrogens is 1. The molecule has 0 saturated carbocycles. The molecule has 4 atom stereocenters. The zero-order valence-electron chi connectivity index (χ0n) is 6.95. The van der Waals surface area contributed by atoms with Crippen LogP contribution in [-0.4, -0.2) is 30.7 Å². The van der Waals surface area contributed by atoms with Gasteiger partial charge in [0.2, 0.25) is 0 Å². The summed E-state index contributed by atoms with van der Waals surface area (Å²) in [6.07, 6.45) is -4.62. The van der Waals surface area contributed by atoms with Crippen LogP contribution < -0.4 is 33.6 Å². The lowest BCUT2D eigenvalue weighted by atomic mass is 9.99. The lowest BCUT2D eigenvalue weighted by molar-refractivity contribution is -0.750. The minimum atomic E-state index is -1.54. The Labute approximate surface area is 74.1 Å². The van der Waals surface area contributed by atoms with E-state index in [4.69, 9.17) is 17.4 Å². The molecule has 10 N–H and O–H groups in total. The highest BCUT2D eigenvalue weighted by Gasteiger charge is 2.46. The molecular formula is C5H15F2N6+. The van der Waals surface area contributed by atoms with Crippen molar-refractivity contribution >= 4 is 0 Å². The molecule has 1 fully saturated rings. The first kappa shape index (κ1) is 10.7. The van der Waals surface area contributed by atoms with Crippen molar-refractivity contribution in [1.82, 2.24) is 10.9 Å². The number of nitrogens with two attached hydrogens (primary N) is 4. The van der Waals surface area contributed by atoms with Gasteiger partial charge in [-0.2, -0.15) is 0 Å². The van der Waals surface area contributed by atoms with Gasteiger partial charge in [0.05, 0.1) is 6.04 Å². The highest BCUT2D eigenvalue weighted by molar-refractivity contribution is 4.89. The van der Waals surface area contributed by atoms with Crippen molar-refractivity contribution in [2.24, 2.45) is 17.4 Å². The number of rotatable bonds is 2. The van der Waals surface area contributed by atoms with Crippen molar-refractivity contribution in [1.29, 1.82) is 0 Å². The second-order valence-corrected chi connectivity index (χ2v) is 3.04. The maximum absolute atomic E-state index is 13.2. The molecule has 0 radical (unpaired) electrons. The molecule has 0 aromatic heterocycles. The normalized spacial score (nSPS) is 46.4. The molecule has 1 aliphatic rings. The summed E-state index contributed by atoms with van der Waals surface area (Å²) in [6, 6.07) is -1.22. The van der Waals surface area contributed by atoms with Crippen LogP contribution in [0.3, 0.4) is 0 Å². The Hall–Kier alpha value is -0.380. The molecule has 13 heavy (non-hydrogen) atoms. The molecule has 0 aromatic rings. The summed E-state index contributed by atoms with van der Waals surface area (Å²) in [7, 11) is 0. The van der Waals surface area contributed by atoms with Crippen LogP contribution >= 0.6 is 0 Å². The van der Waals surface area contributed by atoms with Gasteiger partial charge >= 0.3 is 0 Å². The third-order valence-corrected chi connectivity index (χ3v) is 2.22. The Kier molecular flexibility index (Phi) is 3.47. The number of piperidine rings is 1. The Bertz CT molecular complexity index is 149. The second kappa shape index (κ2) is 4.22. The molecule has 6 nitrogen and oxygen atoms in total. The summed E-state index contributed by atoms with van der Waals surface area (Å²) >= 11 is 0. The number of halogens is 2. The number of hydrazine groups is 2. The van der Waals surface area contributed by atoms with E-state index >= 15 is 0 Å². The van der Waals surface area contributed by atoms with E-state index in [1.165, 1.54) is 5.32 Å². The Balaban J connectivity index is 2.66. The zero-order valence-corrected chi connectivity index (χ0v) is 6.95. The van der Waals surface area contributed by atoms with Gasteiger partial charge in [-0.05, 0) is 0 Å². The van der Waals surface area contributed by atoms with E-state index in [9.17, 15) is 8.78 Å². The predicted molar refractivity (Wildman–Crippen MR) is 41.9 cm³/mol. The molecule has 78 valence electrons. The van der Waals surface area contributed by atoms with E-state index < -0.39 is 30.7 Å².